The van der Waals surface area contributed by atoms with E-state index in [9.17, 15) is 0 Å². The molecule has 0 saturated heterocycles. The summed E-state index contributed by atoms with van der Waals surface area (Å²) < 4.78 is 13.0. The number of nitrogens with zero attached hydrogens (tertiary/aromatic N) is 3. The number of hydrogen-bond acceptors (Lipinski definition) is 5. The Bertz CT molecular complexity index is 3240. The second-order valence-electron chi connectivity index (χ2n) is 14.0. The molecule has 0 radical (unpaired) electrons. The second kappa shape index (κ2) is 13.0. The maximum absolute atomic E-state index is 6.67. The summed E-state index contributed by atoms with van der Waals surface area (Å²) in [4.78, 5) is 14.8. The minimum Gasteiger partial charge on any atom is -0.456 e. The van der Waals surface area contributed by atoms with E-state index in [1.54, 1.807) is 0 Å². The molecule has 5 heteroatoms. The van der Waals surface area contributed by atoms with Crippen LogP contribution in [0.15, 0.2) is 197 Å². The van der Waals surface area contributed by atoms with E-state index in [0.29, 0.717) is 5.82 Å². The molecule has 0 atom stereocenters. The number of rotatable bonds is 6. The Hall–Kier alpha value is -7.63. The maximum atomic E-state index is 6.67. The molecule has 0 N–H and O–H groups in total. The van der Waals surface area contributed by atoms with Crippen molar-refractivity contribution < 1.29 is 8.83 Å². The highest BCUT2D eigenvalue weighted by Crippen LogP contribution is 2.43. The van der Waals surface area contributed by atoms with E-state index in [4.69, 9.17) is 18.8 Å². The van der Waals surface area contributed by atoms with Gasteiger partial charge in [-0.25, -0.2) is 9.97 Å². The molecule has 0 aliphatic heterocycles. The molecule has 11 aromatic rings. The van der Waals surface area contributed by atoms with Crippen LogP contribution in [0.25, 0.3) is 111 Å². The van der Waals surface area contributed by atoms with Gasteiger partial charge in [-0.2, -0.15) is 0 Å². The molecule has 0 aliphatic carbocycles. The Kier molecular flexibility index (Phi) is 7.42. The van der Waals surface area contributed by atoms with Gasteiger partial charge in [-0.3, -0.25) is 4.98 Å². The number of para-hydroxylation sites is 2. The van der Waals surface area contributed by atoms with E-state index in [-0.39, 0.29) is 0 Å². The topological polar surface area (TPSA) is 65.0 Å². The molecule has 56 heavy (non-hydrogen) atoms. The molecule has 0 amide bonds. The van der Waals surface area contributed by atoms with Gasteiger partial charge in [0, 0.05) is 55.6 Å². The summed E-state index contributed by atoms with van der Waals surface area (Å²) in [5.41, 5.74) is 14.3. The predicted octanol–water partition coefficient (Wildman–Crippen LogP) is 13.7. The van der Waals surface area contributed by atoms with Gasteiger partial charge in [0.2, 0.25) is 0 Å². The molecule has 0 saturated carbocycles. The Morgan fingerprint density at radius 3 is 1.77 bits per heavy atom. The largest absolute Gasteiger partial charge is 0.456 e. The summed E-state index contributed by atoms with van der Waals surface area (Å²) >= 11 is 0. The molecule has 262 valence electrons. The normalized spacial score (nSPS) is 11.6. The number of fused-ring (bicyclic) bond motifs is 6. The van der Waals surface area contributed by atoms with Gasteiger partial charge in [-0.1, -0.05) is 127 Å². The smallest absolute Gasteiger partial charge is 0.160 e. The quantitative estimate of drug-likeness (QED) is 0.171. The summed E-state index contributed by atoms with van der Waals surface area (Å²) in [7, 11) is 0. The van der Waals surface area contributed by atoms with Crippen molar-refractivity contribution in [1.29, 1.82) is 0 Å². The van der Waals surface area contributed by atoms with E-state index in [0.717, 1.165) is 105 Å². The standard InChI is InChI=1S/C51H31N3O2/c1-2-11-33(12-3-1)44-31-45(54-51(53-44)37-14-10-13-36(29-37)43-17-8-9-28-52-43)34-22-20-32(21-23-34)39-27-26-38(49-42-16-5-7-19-47(42)56-50(39)49)35-24-25-41-40-15-4-6-18-46(40)55-48(41)30-35/h1-31H. The maximum Gasteiger partial charge on any atom is 0.160 e. The minimum atomic E-state index is 0.656. The van der Waals surface area contributed by atoms with Gasteiger partial charge in [-0.15, -0.1) is 0 Å². The molecular weight excluding hydrogens is 687 g/mol. The van der Waals surface area contributed by atoms with Gasteiger partial charge in [0.1, 0.15) is 22.3 Å². The van der Waals surface area contributed by atoms with Crippen molar-refractivity contribution in [2.45, 2.75) is 0 Å². The van der Waals surface area contributed by atoms with Crippen molar-refractivity contribution in [2.24, 2.45) is 0 Å². The zero-order valence-corrected chi connectivity index (χ0v) is 30.1. The molecule has 7 aromatic carbocycles. The lowest BCUT2D eigenvalue weighted by Crippen LogP contribution is -1.96. The van der Waals surface area contributed by atoms with Crippen LogP contribution in [-0.4, -0.2) is 15.0 Å². The Morgan fingerprint density at radius 1 is 0.339 bits per heavy atom. The summed E-state index contributed by atoms with van der Waals surface area (Å²) in [6, 6.07) is 62.5. The SMILES string of the molecule is c1ccc(-c2cc(-c3ccc(-c4ccc(-c5ccc6c(c5)oc5ccccc56)c5c4oc4ccccc45)cc3)nc(-c3cccc(-c4ccccn4)c3)n2)cc1. The lowest BCUT2D eigenvalue weighted by Gasteiger charge is -2.11. The number of benzene rings is 7. The van der Waals surface area contributed by atoms with E-state index < -0.39 is 0 Å². The van der Waals surface area contributed by atoms with Crippen LogP contribution in [0.4, 0.5) is 0 Å². The van der Waals surface area contributed by atoms with E-state index in [1.807, 2.05) is 72.9 Å². The van der Waals surface area contributed by atoms with Crippen LogP contribution in [0.1, 0.15) is 0 Å². The molecule has 11 rings (SSSR count). The van der Waals surface area contributed by atoms with E-state index in [2.05, 4.69) is 120 Å². The summed E-state index contributed by atoms with van der Waals surface area (Å²) in [5.74, 6) is 0.656. The highest BCUT2D eigenvalue weighted by molar-refractivity contribution is 6.17. The fourth-order valence-electron chi connectivity index (χ4n) is 7.84. The Balaban J connectivity index is 1.01. The molecule has 4 heterocycles. The zero-order valence-electron chi connectivity index (χ0n) is 30.1. The van der Waals surface area contributed by atoms with Crippen LogP contribution in [0.2, 0.25) is 0 Å². The third-order valence-corrected chi connectivity index (χ3v) is 10.6. The van der Waals surface area contributed by atoms with Crippen molar-refractivity contribution in [1.82, 2.24) is 15.0 Å². The molecule has 4 aromatic heterocycles. The van der Waals surface area contributed by atoms with Gasteiger partial charge >= 0.3 is 0 Å². The molecule has 0 unspecified atom stereocenters. The lowest BCUT2D eigenvalue weighted by atomic mass is 9.93. The van der Waals surface area contributed by atoms with Gasteiger partial charge in [0.25, 0.3) is 0 Å². The highest BCUT2D eigenvalue weighted by atomic mass is 16.3. The molecular formula is C51H31N3O2. The third-order valence-electron chi connectivity index (χ3n) is 10.6. The van der Waals surface area contributed by atoms with Crippen molar-refractivity contribution in [2.75, 3.05) is 0 Å². The number of pyridine rings is 1. The third kappa shape index (κ3) is 5.45. The minimum absolute atomic E-state index is 0.656. The van der Waals surface area contributed by atoms with Crippen LogP contribution in [-0.2, 0) is 0 Å². The van der Waals surface area contributed by atoms with Crippen LogP contribution in [0.3, 0.4) is 0 Å². The van der Waals surface area contributed by atoms with Gasteiger partial charge in [0.15, 0.2) is 5.82 Å². The lowest BCUT2D eigenvalue weighted by molar-refractivity contribution is 0.668. The van der Waals surface area contributed by atoms with Crippen LogP contribution in [0.5, 0.6) is 0 Å². The van der Waals surface area contributed by atoms with E-state index >= 15 is 0 Å². The van der Waals surface area contributed by atoms with Crippen molar-refractivity contribution in [3.63, 3.8) is 0 Å². The number of aromatic nitrogens is 3. The zero-order chi connectivity index (χ0) is 37.0. The summed E-state index contributed by atoms with van der Waals surface area (Å²) in [6.07, 6.45) is 1.81. The average molecular weight is 718 g/mol. The van der Waals surface area contributed by atoms with Crippen molar-refractivity contribution in [3.8, 4) is 67.4 Å². The molecule has 5 nitrogen and oxygen atoms in total. The first-order valence-electron chi connectivity index (χ1n) is 18.7. The summed E-state index contributed by atoms with van der Waals surface area (Å²) in [6.45, 7) is 0. The van der Waals surface area contributed by atoms with Crippen LogP contribution < -0.4 is 0 Å². The molecule has 0 spiro atoms. The predicted molar refractivity (Wildman–Crippen MR) is 227 cm³/mol. The summed E-state index contributed by atoms with van der Waals surface area (Å²) in [5, 5.41) is 4.39. The first-order valence-corrected chi connectivity index (χ1v) is 18.7. The second-order valence-corrected chi connectivity index (χ2v) is 14.0. The van der Waals surface area contributed by atoms with Crippen LogP contribution >= 0.6 is 0 Å². The van der Waals surface area contributed by atoms with Gasteiger partial charge < -0.3 is 8.83 Å². The fraction of sp³-hybridized carbons (Fsp3) is 0. The monoisotopic (exact) mass is 717 g/mol. The van der Waals surface area contributed by atoms with Gasteiger partial charge in [-0.05, 0) is 71.3 Å². The van der Waals surface area contributed by atoms with Gasteiger partial charge in [0.05, 0.1) is 17.1 Å². The number of hydrogen-bond donors (Lipinski definition) is 0. The Labute approximate surface area is 322 Å². The fourth-order valence-corrected chi connectivity index (χ4v) is 7.84. The molecule has 0 bridgehead atoms. The number of furan rings is 2. The first-order chi connectivity index (χ1) is 27.7. The Morgan fingerprint density at radius 2 is 0.964 bits per heavy atom. The van der Waals surface area contributed by atoms with Crippen LogP contribution in [0, 0.1) is 0 Å². The first kappa shape index (κ1) is 31.9. The molecule has 0 fully saturated rings. The van der Waals surface area contributed by atoms with Crippen molar-refractivity contribution >= 4 is 43.9 Å². The molecule has 0 aliphatic rings. The highest BCUT2D eigenvalue weighted by Gasteiger charge is 2.19. The van der Waals surface area contributed by atoms with E-state index in [1.165, 1.54) is 0 Å². The average Bonchev–Trinajstić information content (AvgIpc) is 3.85. The van der Waals surface area contributed by atoms with Crippen molar-refractivity contribution in [3.05, 3.63) is 188 Å².